The van der Waals surface area contributed by atoms with Crippen LogP contribution in [-0.4, -0.2) is 25.5 Å². The quantitative estimate of drug-likeness (QED) is 0.752. The van der Waals surface area contributed by atoms with Crippen molar-refractivity contribution in [3.05, 3.63) is 42.5 Å². The van der Waals surface area contributed by atoms with Gasteiger partial charge in [0.2, 0.25) is 10.0 Å². The van der Waals surface area contributed by atoms with E-state index in [9.17, 15) is 13.2 Å². The summed E-state index contributed by atoms with van der Waals surface area (Å²) in [5.41, 5.74) is -0.0438. The van der Waals surface area contributed by atoms with Gasteiger partial charge in [-0.25, -0.2) is 8.42 Å². The Morgan fingerprint density at radius 2 is 2.16 bits per heavy atom. The average Bonchev–Trinajstić information content (AvgIpc) is 2.38. The third kappa shape index (κ3) is 3.64. The molecule has 0 aliphatic heterocycles. The highest BCUT2D eigenvalue weighted by Crippen LogP contribution is 2.15. The summed E-state index contributed by atoms with van der Waals surface area (Å²) in [6.45, 7) is 3.37. The molecule has 0 aliphatic rings. The lowest BCUT2D eigenvalue weighted by molar-refractivity contribution is -0.138. The Morgan fingerprint density at radius 3 is 2.68 bits per heavy atom. The maximum Gasteiger partial charge on any atom is 0.322 e. The molecule has 1 rings (SSSR count). The smallest absolute Gasteiger partial charge is 0.322 e. The number of hydrogen-bond acceptors (Lipinski definition) is 4. The molecule has 0 fully saturated rings. The Hall–Kier alpha value is -2.17. The molecule has 0 saturated heterocycles. The Morgan fingerprint density at radius 1 is 1.53 bits per heavy atom. The van der Waals surface area contributed by atoms with Crippen LogP contribution in [0.25, 0.3) is 0 Å². The second-order valence-corrected chi connectivity index (χ2v) is 5.33. The predicted octanol–water partition coefficient (Wildman–Crippen LogP) is 0.866. The van der Waals surface area contributed by atoms with E-state index in [0.29, 0.717) is 0 Å². The van der Waals surface area contributed by atoms with Crippen LogP contribution in [0.2, 0.25) is 0 Å². The molecule has 0 aromatic heterocycles. The highest BCUT2D eigenvalue weighted by atomic mass is 32.2. The molecule has 19 heavy (non-hydrogen) atoms. The zero-order valence-electron chi connectivity index (χ0n) is 9.91. The monoisotopic (exact) mass is 280 g/mol. The number of benzene rings is 1. The van der Waals surface area contributed by atoms with E-state index in [4.69, 9.17) is 10.4 Å². The molecule has 1 atom stereocenters. The number of rotatable bonds is 6. The summed E-state index contributed by atoms with van der Waals surface area (Å²) in [7, 11) is -4.07. The standard InChI is InChI=1S/C12H12N2O4S/c1-2-5-10(12(15)16)14-19(17,18)11-7-4-3-6-9(11)8-13/h2-4,6-7,10,14H,1,5H2,(H,15,16). The Labute approximate surface area is 111 Å². The third-order valence-electron chi connectivity index (χ3n) is 2.29. The summed E-state index contributed by atoms with van der Waals surface area (Å²) < 4.78 is 26.1. The maximum atomic E-state index is 12.0. The Balaban J connectivity index is 3.14. The Bertz CT molecular complexity index is 631. The highest BCUT2D eigenvalue weighted by Gasteiger charge is 2.25. The van der Waals surface area contributed by atoms with Gasteiger partial charge < -0.3 is 5.11 Å². The van der Waals surface area contributed by atoms with Crippen molar-refractivity contribution in [1.82, 2.24) is 4.72 Å². The normalized spacial score (nSPS) is 12.4. The molecule has 0 radical (unpaired) electrons. The molecular formula is C12H12N2O4S. The zero-order chi connectivity index (χ0) is 14.5. The number of carbonyl (C=O) groups is 1. The SMILES string of the molecule is C=CCC(NS(=O)(=O)c1ccccc1C#N)C(=O)O. The molecule has 0 spiro atoms. The van der Waals surface area contributed by atoms with E-state index < -0.39 is 22.0 Å². The van der Waals surface area contributed by atoms with Gasteiger partial charge in [0, 0.05) is 0 Å². The van der Waals surface area contributed by atoms with Gasteiger partial charge in [-0.05, 0) is 18.6 Å². The topological polar surface area (TPSA) is 107 Å². The van der Waals surface area contributed by atoms with Crippen LogP contribution >= 0.6 is 0 Å². The molecule has 7 heteroatoms. The number of carboxylic acids is 1. The van der Waals surface area contributed by atoms with Crippen molar-refractivity contribution in [3.63, 3.8) is 0 Å². The van der Waals surface area contributed by atoms with Crippen molar-refractivity contribution in [2.24, 2.45) is 0 Å². The van der Waals surface area contributed by atoms with Gasteiger partial charge in [0.1, 0.15) is 12.1 Å². The molecule has 100 valence electrons. The number of nitrogens with zero attached hydrogens (tertiary/aromatic N) is 1. The molecule has 0 amide bonds. The van der Waals surface area contributed by atoms with Crippen molar-refractivity contribution < 1.29 is 18.3 Å². The van der Waals surface area contributed by atoms with Crippen LogP contribution in [0.5, 0.6) is 0 Å². The lowest BCUT2D eigenvalue weighted by Gasteiger charge is -2.13. The summed E-state index contributed by atoms with van der Waals surface area (Å²) >= 11 is 0. The van der Waals surface area contributed by atoms with Crippen molar-refractivity contribution in [1.29, 1.82) is 5.26 Å². The van der Waals surface area contributed by atoms with E-state index in [1.807, 2.05) is 4.72 Å². The molecule has 1 unspecified atom stereocenters. The van der Waals surface area contributed by atoms with Crippen LogP contribution in [0.4, 0.5) is 0 Å². The molecule has 0 bridgehead atoms. The van der Waals surface area contributed by atoms with Gasteiger partial charge in [0.25, 0.3) is 0 Å². The number of nitrogens with one attached hydrogen (secondary N) is 1. The van der Waals surface area contributed by atoms with E-state index in [2.05, 4.69) is 6.58 Å². The first-order valence-electron chi connectivity index (χ1n) is 5.27. The summed E-state index contributed by atoms with van der Waals surface area (Å²) in [4.78, 5) is 10.7. The van der Waals surface area contributed by atoms with Gasteiger partial charge in [-0.1, -0.05) is 18.2 Å². The summed E-state index contributed by atoms with van der Waals surface area (Å²) in [6, 6.07) is 6.01. The number of carboxylic acid groups (broad SMARTS) is 1. The minimum atomic E-state index is -4.07. The lowest BCUT2D eigenvalue weighted by atomic mass is 10.2. The van der Waals surface area contributed by atoms with Gasteiger partial charge in [-0.2, -0.15) is 9.98 Å². The molecular weight excluding hydrogens is 268 g/mol. The van der Waals surface area contributed by atoms with Crippen molar-refractivity contribution in [2.75, 3.05) is 0 Å². The second-order valence-electron chi connectivity index (χ2n) is 3.64. The maximum absolute atomic E-state index is 12.0. The summed E-state index contributed by atoms with van der Waals surface area (Å²) in [5, 5.41) is 17.8. The fraction of sp³-hybridized carbons (Fsp3) is 0.167. The largest absolute Gasteiger partial charge is 0.480 e. The average molecular weight is 280 g/mol. The summed E-state index contributed by atoms with van der Waals surface area (Å²) in [6.07, 6.45) is 1.25. The minimum Gasteiger partial charge on any atom is -0.480 e. The van der Waals surface area contributed by atoms with Crippen molar-refractivity contribution >= 4 is 16.0 Å². The van der Waals surface area contributed by atoms with Gasteiger partial charge in [0.05, 0.1) is 10.5 Å². The van der Waals surface area contributed by atoms with Crippen LogP contribution in [-0.2, 0) is 14.8 Å². The Kier molecular flexibility index (Phi) is 4.80. The van der Waals surface area contributed by atoms with Crippen LogP contribution < -0.4 is 4.72 Å². The molecule has 0 aliphatic carbocycles. The molecule has 1 aromatic rings. The van der Waals surface area contributed by atoms with E-state index in [-0.39, 0.29) is 16.9 Å². The molecule has 6 nitrogen and oxygen atoms in total. The van der Waals surface area contributed by atoms with Crippen LogP contribution in [0.3, 0.4) is 0 Å². The van der Waals surface area contributed by atoms with Crippen LogP contribution in [0, 0.1) is 11.3 Å². The number of sulfonamides is 1. The second kappa shape index (κ2) is 6.13. The van der Waals surface area contributed by atoms with E-state index in [1.165, 1.54) is 30.3 Å². The van der Waals surface area contributed by atoms with Crippen LogP contribution in [0.15, 0.2) is 41.8 Å². The molecule has 0 heterocycles. The molecule has 0 saturated carbocycles. The first kappa shape index (κ1) is 14.9. The van der Waals surface area contributed by atoms with Crippen molar-refractivity contribution in [3.8, 4) is 6.07 Å². The number of nitriles is 1. The summed E-state index contributed by atoms with van der Waals surface area (Å²) in [5.74, 6) is -1.31. The van der Waals surface area contributed by atoms with E-state index >= 15 is 0 Å². The molecule has 2 N–H and O–H groups in total. The van der Waals surface area contributed by atoms with E-state index in [0.717, 1.165) is 0 Å². The fourth-order valence-electron chi connectivity index (χ4n) is 1.41. The van der Waals surface area contributed by atoms with Gasteiger partial charge >= 0.3 is 5.97 Å². The fourth-order valence-corrected chi connectivity index (χ4v) is 2.77. The van der Waals surface area contributed by atoms with Gasteiger partial charge in [0.15, 0.2) is 0 Å². The minimum absolute atomic E-state index is 0.0438. The highest BCUT2D eigenvalue weighted by molar-refractivity contribution is 7.89. The first-order chi connectivity index (χ1) is 8.92. The van der Waals surface area contributed by atoms with Gasteiger partial charge in [-0.15, -0.1) is 6.58 Å². The van der Waals surface area contributed by atoms with Gasteiger partial charge in [-0.3, -0.25) is 4.79 Å². The van der Waals surface area contributed by atoms with Crippen molar-refractivity contribution in [2.45, 2.75) is 17.4 Å². The van der Waals surface area contributed by atoms with E-state index in [1.54, 1.807) is 6.07 Å². The predicted molar refractivity (Wildman–Crippen MR) is 67.7 cm³/mol. The third-order valence-corrected chi connectivity index (χ3v) is 3.82. The molecule has 1 aromatic carbocycles. The number of hydrogen-bond donors (Lipinski definition) is 2. The zero-order valence-corrected chi connectivity index (χ0v) is 10.7. The number of aliphatic carboxylic acids is 1. The van der Waals surface area contributed by atoms with Crippen LogP contribution in [0.1, 0.15) is 12.0 Å². The lowest BCUT2D eigenvalue weighted by Crippen LogP contribution is -2.40. The first-order valence-corrected chi connectivity index (χ1v) is 6.76.